The fraction of sp³-hybridized carbons (Fsp3) is 0.467. The molecule has 1 heterocycles. The summed E-state index contributed by atoms with van der Waals surface area (Å²) < 4.78 is 5.56. The van der Waals surface area contributed by atoms with E-state index in [1.165, 1.54) is 0 Å². The summed E-state index contributed by atoms with van der Waals surface area (Å²) in [7, 11) is 1.71. The molecule has 0 bridgehead atoms. The van der Waals surface area contributed by atoms with Crippen LogP contribution in [0, 0.1) is 5.92 Å². The van der Waals surface area contributed by atoms with Gasteiger partial charge in [0.1, 0.15) is 5.75 Å². The molecule has 0 saturated heterocycles. The molecule has 0 radical (unpaired) electrons. The van der Waals surface area contributed by atoms with Gasteiger partial charge in [0.15, 0.2) is 6.10 Å². The number of fused-ring (bicyclic) bond motifs is 1. The van der Waals surface area contributed by atoms with Gasteiger partial charge in [0, 0.05) is 19.2 Å². The van der Waals surface area contributed by atoms with Gasteiger partial charge in [0.05, 0.1) is 5.69 Å². The lowest BCUT2D eigenvalue weighted by Gasteiger charge is -2.30. The van der Waals surface area contributed by atoms with Gasteiger partial charge in [0.25, 0.3) is 11.8 Å². The van der Waals surface area contributed by atoms with E-state index in [1.807, 2.05) is 13.8 Å². The van der Waals surface area contributed by atoms with Crippen molar-refractivity contribution >= 4 is 17.5 Å². The van der Waals surface area contributed by atoms with Crippen molar-refractivity contribution in [1.82, 2.24) is 5.32 Å². The summed E-state index contributed by atoms with van der Waals surface area (Å²) in [5, 5.41) is 2.86. The van der Waals surface area contributed by atoms with E-state index in [0.29, 0.717) is 29.5 Å². The van der Waals surface area contributed by atoms with Gasteiger partial charge in [-0.3, -0.25) is 9.59 Å². The van der Waals surface area contributed by atoms with Gasteiger partial charge in [-0.1, -0.05) is 13.8 Å². The van der Waals surface area contributed by atoms with E-state index < -0.39 is 6.10 Å². The summed E-state index contributed by atoms with van der Waals surface area (Å²) >= 11 is 0. The number of anilines is 1. The van der Waals surface area contributed by atoms with Crippen molar-refractivity contribution in [3.63, 3.8) is 0 Å². The maximum absolute atomic E-state index is 12.0. The first-order valence-corrected chi connectivity index (χ1v) is 6.76. The molecule has 108 valence electrons. The maximum Gasteiger partial charge on any atom is 0.267 e. The molecule has 1 atom stereocenters. The lowest BCUT2D eigenvalue weighted by atomic mass is 10.1. The van der Waals surface area contributed by atoms with Crippen molar-refractivity contribution in [2.75, 3.05) is 18.5 Å². The fourth-order valence-electron chi connectivity index (χ4n) is 2.06. The van der Waals surface area contributed by atoms with Gasteiger partial charge in [-0.05, 0) is 31.0 Å². The van der Waals surface area contributed by atoms with E-state index in [-0.39, 0.29) is 11.8 Å². The Morgan fingerprint density at radius 1 is 1.45 bits per heavy atom. The number of likely N-dealkylation sites (N-methyl/N-ethyl adjacent to an activating group) is 1. The second-order valence-corrected chi connectivity index (χ2v) is 5.44. The summed E-state index contributed by atoms with van der Waals surface area (Å²) in [6.07, 6.45) is -0.526. The van der Waals surface area contributed by atoms with Crippen molar-refractivity contribution in [2.24, 2.45) is 5.92 Å². The highest BCUT2D eigenvalue weighted by atomic mass is 16.5. The Kier molecular flexibility index (Phi) is 3.97. The highest BCUT2D eigenvalue weighted by Crippen LogP contribution is 2.33. The van der Waals surface area contributed by atoms with Crippen molar-refractivity contribution in [3.8, 4) is 5.75 Å². The molecule has 1 aliphatic heterocycles. The van der Waals surface area contributed by atoms with E-state index >= 15 is 0 Å². The predicted molar refractivity (Wildman–Crippen MR) is 77.1 cm³/mol. The van der Waals surface area contributed by atoms with E-state index in [4.69, 9.17) is 4.74 Å². The Morgan fingerprint density at radius 2 is 2.15 bits per heavy atom. The zero-order valence-corrected chi connectivity index (χ0v) is 12.3. The smallest absolute Gasteiger partial charge is 0.267 e. The normalized spacial score (nSPS) is 17.8. The third kappa shape index (κ3) is 2.76. The van der Waals surface area contributed by atoms with Crippen LogP contribution in [0.2, 0.25) is 0 Å². The molecule has 0 spiro atoms. The molecule has 1 aliphatic rings. The van der Waals surface area contributed by atoms with Crippen molar-refractivity contribution in [3.05, 3.63) is 23.8 Å². The van der Waals surface area contributed by atoms with Crippen molar-refractivity contribution in [2.45, 2.75) is 26.9 Å². The number of benzene rings is 1. The molecule has 1 unspecified atom stereocenters. The largest absolute Gasteiger partial charge is 0.479 e. The molecule has 1 aromatic rings. The zero-order chi connectivity index (χ0) is 14.9. The first-order valence-electron chi connectivity index (χ1n) is 6.76. The van der Waals surface area contributed by atoms with E-state index in [2.05, 4.69) is 5.32 Å². The molecule has 0 saturated carbocycles. The molecule has 20 heavy (non-hydrogen) atoms. The number of rotatable bonds is 3. The molecule has 2 rings (SSSR count). The molecule has 2 amide bonds. The number of nitrogens with one attached hydrogen (secondary N) is 1. The van der Waals surface area contributed by atoms with Crippen LogP contribution in [0.3, 0.4) is 0 Å². The van der Waals surface area contributed by atoms with E-state index in [9.17, 15) is 9.59 Å². The standard InChI is InChI=1S/C15H20N2O3/c1-9(2)8-16-14(18)11-5-6-12-13(7-11)20-10(3)15(19)17(12)4/h5-7,9-10H,8H2,1-4H3,(H,16,18). The average Bonchev–Trinajstić information content (AvgIpc) is 2.41. The SMILES string of the molecule is CC(C)CNC(=O)c1ccc2c(c1)OC(C)C(=O)N2C. The third-order valence-electron chi connectivity index (χ3n) is 3.24. The van der Waals surface area contributed by atoms with Crippen LogP contribution in [0.4, 0.5) is 5.69 Å². The summed E-state index contributed by atoms with van der Waals surface area (Å²) in [4.78, 5) is 25.4. The van der Waals surface area contributed by atoms with Crippen LogP contribution >= 0.6 is 0 Å². The topological polar surface area (TPSA) is 58.6 Å². The van der Waals surface area contributed by atoms with Gasteiger partial charge in [-0.25, -0.2) is 0 Å². The second-order valence-electron chi connectivity index (χ2n) is 5.44. The van der Waals surface area contributed by atoms with Gasteiger partial charge >= 0.3 is 0 Å². The molecule has 1 N–H and O–H groups in total. The lowest BCUT2D eigenvalue weighted by Crippen LogP contribution is -2.42. The van der Waals surface area contributed by atoms with Crippen LogP contribution in [0.1, 0.15) is 31.1 Å². The Morgan fingerprint density at radius 3 is 2.80 bits per heavy atom. The number of amides is 2. The molecule has 5 nitrogen and oxygen atoms in total. The molecule has 5 heteroatoms. The van der Waals surface area contributed by atoms with E-state index in [1.54, 1.807) is 37.1 Å². The van der Waals surface area contributed by atoms with Gasteiger partial charge in [-0.15, -0.1) is 0 Å². The fourth-order valence-corrected chi connectivity index (χ4v) is 2.06. The lowest BCUT2D eigenvalue weighted by molar-refractivity contribution is -0.125. The Balaban J connectivity index is 2.22. The Hall–Kier alpha value is -2.04. The average molecular weight is 276 g/mol. The summed E-state index contributed by atoms with van der Waals surface area (Å²) in [5.41, 5.74) is 1.23. The summed E-state index contributed by atoms with van der Waals surface area (Å²) in [5.74, 6) is 0.750. The van der Waals surface area contributed by atoms with Gasteiger partial charge in [-0.2, -0.15) is 0 Å². The zero-order valence-electron chi connectivity index (χ0n) is 12.3. The molecule has 0 aromatic heterocycles. The molecular formula is C15H20N2O3. The van der Waals surface area contributed by atoms with Gasteiger partial charge in [0.2, 0.25) is 0 Å². The second kappa shape index (κ2) is 5.53. The Labute approximate surface area is 118 Å². The van der Waals surface area contributed by atoms with Crippen LogP contribution in [0.5, 0.6) is 5.75 Å². The number of ether oxygens (including phenoxy) is 1. The Bertz CT molecular complexity index is 540. The van der Waals surface area contributed by atoms with Crippen LogP contribution in [0.25, 0.3) is 0 Å². The highest BCUT2D eigenvalue weighted by Gasteiger charge is 2.29. The first kappa shape index (κ1) is 14.4. The summed E-state index contributed by atoms with van der Waals surface area (Å²) in [6, 6.07) is 5.13. The van der Waals surface area contributed by atoms with Crippen LogP contribution in [0.15, 0.2) is 18.2 Å². The highest BCUT2D eigenvalue weighted by molar-refractivity contribution is 6.01. The quantitative estimate of drug-likeness (QED) is 0.916. The number of nitrogens with zero attached hydrogens (tertiary/aromatic N) is 1. The molecule has 1 aromatic carbocycles. The first-order chi connectivity index (χ1) is 9.40. The van der Waals surface area contributed by atoms with Crippen molar-refractivity contribution in [1.29, 1.82) is 0 Å². The summed E-state index contributed by atoms with van der Waals surface area (Å²) in [6.45, 7) is 6.41. The monoisotopic (exact) mass is 276 g/mol. The van der Waals surface area contributed by atoms with Gasteiger partial charge < -0.3 is 15.0 Å². The minimum atomic E-state index is -0.526. The van der Waals surface area contributed by atoms with Crippen molar-refractivity contribution < 1.29 is 14.3 Å². The predicted octanol–water partition coefficient (Wildman–Crippen LogP) is 1.82. The number of hydrogen-bond acceptors (Lipinski definition) is 3. The van der Waals surface area contributed by atoms with Crippen LogP contribution < -0.4 is 15.0 Å². The molecular weight excluding hydrogens is 256 g/mol. The maximum atomic E-state index is 12.0. The van der Waals surface area contributed by atoms with E-state index in [0.717, 1.165) is 0 Å². The van der Waals surface area contributed by atoms with Crippen LogP contribution in [-0.2, 0) is 4.79 Å². The number of carbonyl (C=O) groups is 2. The third-order valence-corrected chi connectivity index (χ3v) is 3.24. The number of carbonyl (C=O) groups excluding carboxylic acids is 2. The molecule has 0 fully saturated rings. The minimum Gasteiger partial charge on any atom is -0.479 e. The van der Waals surface area contributed by atoms with Crippen LogP contribution in [-0.4, -0.2) is 31.5 Å². The minimum absolute atomic E-state index is 0.0884. The molecule has 0 aliphatic carbocycles. The number of hydrogen-bond donors (Lipinski definition) is 1.